The summed E-state index contributed by atoms with van der Waals surface area (Å²) in [6, 6.07) is 10.6. The summed E-state index contributed by atoms with van der Waals surface area (Å²) < 4.78 is 3.48. The van der Waals surface area contributed by atoms with Gasteiger partial charge in [0.2, 0.25) is 0 Å². The summed E-state index contributed by atoms with van der Waals surface area (Å²) in [5.41, 5.74) is 3.22. The summed E-state index contributed by atoms with van der Waals surface area (Å²) in [6.45, 7) is 6.80. The molecule has 160 valence electrons. The fourth-order valence-electron chi connectivity index (χ4n) is 4.19. The monoisotopic (exact) mass is 418 g/mol. The minimum atomic E-state index is -0.985. The van der Waals surface area contributed by atoms with Crippen LogP contribution < -0.4 is 10.9 Å². The highest BCUT2D eigenvalue weighted by atomic mass is 16.4. The van der Waals surface area contributed by atoms with Crippen molar-refractivity contribution in [1.29, 1.82) is 0 Å². The predicted molar refractivity (Wildman–Crippen MR) is 123 cm³/mol. The zero-order valence-electron chi connectivity index (χ0n) is 18.1. The standard InChI is InChI=1S/C24H26N4O3/c1-5-10-28-13-19-21-17(15(3)25-20-9-7-6-8-16(20)24(30)31)11-14(2)12-18(21)23(29)27(4)22(19)26-28/h6-9,11-13,15,25H,5,10H2,1-4H3,(H,30,31). The van der Waals surface area contributed by atoms with Crippen molar-refractivity contribution in [3.63, 3.8) is 0 Å². The van der Waals surface area contributed by atoms with E-state index in [2.05, 4.69) is 23.4 Å². The van der Waals surface area contributed by atoms with Crippen molar-refractivity contribution in [2.24, 2.45) is 7.05 Å². The van der Waals surface area contributed by atoms with E-state index in [-0.39, 0.29) is 17.2 Å². The Balaban J connectivity index is 1.95. The zero-order chi connectivity index (χ0) is 22.3. The number of carboxylic acids is 1. The first-order valence-corrected chi connectivity index (χ1v) is 10.4. The number of carbonyl (C=O) groups is 1. The van der Waals surface area contributed by atoms with Crippen LogP contribution in [-0.4, -0.2) is 25.4 Å². The maximum absolute atomic E-state index is 13.2. The number of aromatic nitrogens is 3. The molecule has 31 heavy (non-hydrogen) atoms. The van der Waals surface area contributed by atoms with Gasteiger partial charge in [-0.25, -0.2) is 4.79 Å². The first kappa shape index (κ1) is 20.7. The van der Waals surface area contributed by atoms with E-state index >= 15 is 0 Å². The van der Waals surface area contributed by atoms with Gasteiger partial charge in [0.1, 0.15) is 0 Å². The number of aryl methyl sites for hydroxylation is 3. The maximum atomic E-state index is 13.2. The number of hydrogen-bond donors (Lipinski definition) is 2. The molecule has 2 aromatic carbocycles. The molecule has 2 aromatic heterocycles. The van der Waals surface area contributed by atoms with Crippen molar-refractivity contribution in [1.82, 2.24) is 14.3 Å². The number of aromatic carboxylic acids is 1. The van der Waals surface area contributed by atoms with Crippen molar-refractivity contribution in [2.75, 3.05) is 5.32 Å². The van der Waals surface area contributed by atoms with Gasteiger partial charge in [-0.05, 0) is 49.6 Å². The van der Waals surface area contributed by atoms with E-state index in [1.54, 1.807) is 35.9 Å². The van der Waals surface area contributed by atoms with Gasteiger partial charge in [0.15, 0.2) is 5.65 Å². The lowest BCUT2D eigenvalue weighted by Gasteiger charge is -2.20. The van der Waals surface area contributed by atoms with Gasteiger partial charge in [-0.2, -0.15) is 5.10 Å². The third kappa shape index (κ3) is 3.56. The van der Waals surface area contributed by atoms with Crippen LogP contribution in [0.4, 0.5) is 5.69 Å². The summed E-state index contributed by atoms with van der Waals surface area (Å²) >= 11 is 0. The van der Waals surface area contributed by atoms with E-state index < -0.39 is 5.97 Å². The second kappa shape index (κ2) is 7.91. The van der Waals surface area contributed by atoms with E-state index in [1.807, 2.05) is 30.8 Å². The van der Waals surface area contributed by atoms with Gasteiger partial charge in [0.05, 0.1) is 5.56 Å². The highest BCUT2D eigenvalue weighted by Crippen LogP contribution is 2.32. The minimum absolute atomic E-state index is 0.0904. The Hall–Kier alpha value is -3.61. The van der Waals surface area contributed by atoms with Gasteiger partial charge in [0.25, 0.3) is 5.56 Å². The third-order valence-corrected chi connectivity index (χ3v) is 5.63. The van der Waals surface area contributed by atoms with Gasteiger partial charge >= 0.3 is 5.97 Å². The topological polar surface area (TPSA) is 89.2 Å². The van der Waals surface area contributed by atoms with Crippen LogP contribution in [0.2, 0.25) is 0 Å². The molecule has 1 unspecified atom stereocenters. The average Bonchev–Trinajstić information content (AvgIpc) is 3.15. The molecule has 0 fully saturated rings. The summed E-state index contributed by atoms with van der Waals surface area (Å²) in [4.78, 5) is 24.8. The second-order valence-electron chi connectivity index (χ2n) is 7.99. The van der Waals surface area contributed by atoms with Crippen molar-refractivity contribution >= 4 is 33.5 Å². The lowest BCUT2D eigenvalue weighted by Crippen LogP contribution is -2.19. The molecule has 7 heteroatoms. The van der Waals surface area contributed by atoms with Crippen molar-refractivity contribution in [3.8, 4) is 0 Å². The van der Waals surface area contributed by atoms with Gasteiger partial charge < -0.3 is 10.4 Å². The molecular weight excluding hydrogens is 392 g/mol. The molecule has 0 aliphatic heterocycles. The molecule has 4 aromatic rings. The molecule has 0 amide bonds. The molecule has 2 N–H and O–H groups in total. The quantitative estimate of drug-likeness (QED) is 0.482. The zero-order valence-corrected chi connectivity index (χ0v) is 18.1. The first-order chi connectivity index (χ1) is 14.8. The molecule has 0 radical (unpaired) electrons. The van der Waals surface area contributed by atoms with E-state index in [1.165, 1.54) is 0 Å². The highest BCUT2D eigenvalue weighted by molar-refractivity contribution is 6.07. The van der Waals surface area contributed by atoms with E-state index in [0.29, 0.717) is 16.7 Å². The number of benzene rings is 2. The average molecular weight is 418 g/mol. The normalized spacial score (nSPS) is 12.4. The lowest BCUT2D eigenvalue weighted by atomic mass is 9.95. The minimum Gasteiger partial charge on any atom is -0.478 e. The van der Waals surface area contributed by atoms with Crippen LogP contribution in [0.3, 0.4) is 0 Å². The predicted octanol–water partition coefficient (Wildman–Crippen LogP) is 4.48. The Labute approximate surface area is 179 Å². The van der Waals surface area contributed by atoms with Crippen LogP contribution in [0.15, 0.2) is 47.4 Å². The molecule has 2 heterocycles. The highest BCUT2D eigenvalue weighted by Gasteiger charge is 2.20. The summed E-state index contributed by atoms with van der Waals surface area (Å²) in [6.07, 6.45) is 2.94. The molecule has 0 saturated carbocycles. The number of fused-ring (bicyclic) bond motifs is 3. The van der Waals surface area contributed by atoms with E-state index in [4.69, 9.17) is 0 Å². The second-order valence-corrected chi connectivity index (χ2v) is 7.99. The molecule has 0 bridgehead atoms. The van der Waals surface area contributed by atoms with Crippen molar-refractivity contribution in [3.05, 3.63) is 69.6 Å². The molecular formula is C24H26N4O3. The number of para-hydroxylation sites is 1. The molecule has 0 aliphatic carbocycles. The maximum Gasteiger partial charge on any atom is 0.337 e. The van der Waals surface area contributed by atoms with Crippen LogP contribution in [-0.2, 0) is 13.6 Å². The lowest BCUT2D eigenvalue weighted by molar-refractivity contribution is 0.0698. The Morgan fingerprint density at radius 1 is 1.23 bits per heavy atom. The van der Waals surface area contributed by atoms with Gasteiger partial charge in [0, 0.05) is 47.7 Å². The summed E-state index contributed by atoms with van der Waals surface area (Å²) in [7, 11) is 1.75. The van der Waals surface area contributed by atoms with Gasteiger partial charge in [-0.3, -0.25) is 14.0 Å². The van der Waals surface area contributed by atoms with E-state index in [0.717, 1.165) is 34.9 Å². The van der Waals surface area contributed by atoms with Crippen LogP contribution in [0.5, 0.6) is 0 Å². The number of nitrogens with one attached hydrogen (secondary N) is 1. The number of pyridine rings is 1. The van der Waals surface area contributed by atoms with Gasteiger partial charge in [-0.1, -0.05) is 25.1 Å². The first-order valence-electron chi connectivity index (χ1n) is 10.4. The number of carboxylic acid groups (broad SMARTS) is 1. The third-order valence-electron chi connectivity index (χ3n) is 5.63. The SMILES string of the molecule is CCCn1cc2c3c(C(C)Nc4ccccc4C(=O)O)cc(C)cc3c(=O)n(C)c2n1. The van der Waals surface area contributed by atoms with Crippen LogP contribution in [0.25, 0.3) is 21.8 Å². The number of anilines is 1. The smallest absolute Gasteiger partial charge is 0.337 e. The van der Waals surface area contributed by atoms with Crippen LogP contribution in [0.1, 0.15) is 47.8 Å². The molecule has 4 rings (SSSR count). The Morgan fingerprint density at radius 3 is 2.68 bits per heavy atom. The van der Waals surface area contributed by atoms with Gasteiger partial charge in [-0.15, -0.1) is 0 Å². The Morgan fingerprint density at radius 2 is 1.97 bits per heavy atom. The number of nitrogens with zero attached hydrogens (tertiary/aromatic N) is 3. The molecule has 1 atom stereocenters. The molecule has 0 spiro atoms. The van der Waals surface area contributed by atoms with Crippen molar-refractivity contribution in [2.45, 2.75) is 39.8 Å². The van der Waals surface area contributed by atoms with E-state index in [9.17, 15) is 14.7 Å². The van der Waals surface area contributed by atoms with Crippen molar-refractivity contribution < 1.29 is 9.90 Å². The molecule has 0 aliphatic rings. The Bertz CT molecular complexity index is 1370. The summed E-state index contributed by atoms with van der Waals surface area (Å²) in [5, 5.41) is 19.9. The molecule has 7 nitrogen and oxygen atoms in total. The fraction of sp³-hybridized carbons (Fsp3) is 0.292. The number of hydrogen-bond acceptors (Lipinski definition) is 4. The number of rotatable bonds is 6. The van der Waals surface area contributed by atoms with Crippen LogP contribution in [0, 0.1) is 6.92 Å². The fourth-order valence-corrected chi connectivity index (χ4v) is 4.19. The molecule has 0 saturated heterocycles. The summed E-state index contributed by atoms with van der Waals surface area (Å²) in [5.74, 6) is -0.985. The Kier molecular flexibility index (Phi) is 5.27. The largest absolute Gasteiger partial charge is 0.478 e. The van der Waals surface area contributed by atoms with Crippen LogP contribution >= 0.6 is 0 Å².